The van der Waals surface area contributed by atoms with Crippen LogP contribution in [0.1, 0.15) is 36.2 Å². The van der Waals surface area contributed by atoms with Gasteiger partial charge < -0.3 is 24.8 Å². The maximum atomic E-state index is 14.0. The van der Waals surface area contributed by atoms with Crippen LogP contribution in [0.3, 0.4) is 0 Å². The van der Waals surface area contributed by atoms with Crippen molar-refractivity contribution in [2.45, 2.75) is 44.4 Å². The summed E-state index contributed by atoms with van der Waals surface area (Å²) in [5.74, 6) is -2.28. The number of aromatic nitrogens is 3. The van der Waals surface area contributed by atoms with Crippen molar-refractivity contribution in [3.8, 4) is 5.88 Å². The van der Waals surface area contributed by atoms with Crippen molar-refractivity contribution in [1.29, 1.82) is 0 Å². The van der Waals surface area contributed by atoms with Crippen molar-refractivity contribution in [2.24, 2.45) is 0 Å². The van der Waals surface area contributed by atoms with Crippen LogP contribution in [0, 0.1) is 6.92 Å². The molecule has 1 aromatic carbocycles. The van der Waals surface area contributed by atoms with Crippen molar-refractivity contribution in [2.75, 3.05) is 37.1 Å². The summed E-state index contributed by atoms with van der Waals surface area (Å²) in [6.45, 7) is 3.90. The van der Waals surface area contributed by atoms with Gasteiger partial charge in [0.15, 0.2) is 5.82 Å². The number of aliphatic hydroxyl groups is 1. The van der Waals surface area contributed by atoms with Crippen LogP contribution in [0.25, 0.3) is 10.9 Å². The molecule has 3 aromatic rings. The Morgan fingerprint density at radius 2 is 2.15 bits per heavy atom. The molecule has 2 fully saturated rings. The van der Waals surface area contributed by atoms with E-state index in [1.807, 2.05) is 19.9 Å². The number of ether oxygens (including phenoxy) is 2. The van der Waals surface area contributed by atoms with Crippen molar-refractivity contribution in [1.82, 2.24) is 15.2 Å². The second-order valence-electron chi connectivity index (χ2n) is 8.90. The number of anilines is 2. The highest BCUT2D eigenvalue weighted by atomic mass is 19.3. The van der Waals surface area contributed by atoms with Crippen molar-refractivity contribution >= 4 is 22.4 Å². The molecule has 2 unspecified atom stereocenters. The summed E-state index contributed by atoms with van der Waals surface area (Å²) < 4.78 is 39.4. The molecule has 8 nitrogen and oxygen atoms in total. The van der Waals surface area contributed by atoms with E-state index in [-0.39, 0.29) is 23.8 Å². The first-order chi connectivity index (χ1) is 16.3. The van der Waals surface area contributed by atoms with E-state index >= 15 is 0 Å². The average Bonchev–Trinajstić information content (AvgIpc) is 3.49. The zero-order valence-corrected chi connectivity index (χ0v) is 19.3. The summed E-state index contributed by atoms with van der Waals surface area (Å²) in [5.41, 5.74) is 2.59. The van der Waals surface area contributed by atoms with Crippen molar-refractivity contribution in [3.05, 3.63) is 47.2 Å². The molecular formula is C24H27F2N5O3. The molecule has 5 rings (SSSR count). The fourth-order valence-electron chi connectivity index (χ4n) is 4.74. The molecule has 3 atom stereocenters. The van der Waals surface area contributed by atoms with Gasteiger partial charge in [-0.05, 0) is 38.0 Å². The van der Waals surface area contributed by atoms with Crippen LogP contribution < -0.4 is 15.0 Å². The summed E-state index contributed by atoms with van der Waals surface area (Å²) in [7, 11) is 1.60. The first-order valence-electron chi connectivity index (χ1n) is 11.3. The van der Waals surface area contributed by atoms with E-state index in [9.17, 15) is 8.78 Å². The van der Waals surface area contributed by atoms with Gasteiger partial charge >= 0.3 is 0 Å². The highest BCUT2D eigenvalue weighted by Crippen LogP contribution is 2.40. The molecule has 0 aliphatic carbocycles. The highest BCUT2D eigenvalue weighted by molar-refractivity contribution is 5.94. The Kier molecular flexibility index (Phi) is 5.73. The van der Waals surface area contributed by atoms with Gasteiger partial charge in [-0.25, -0.2) is 4.98 Å². The molecule has 2 aromatic heterocycles. The molecule has 10 heteroatoms. The minimum Gasteiger partial charge on any atom is -0.480 e. The molecule has 0 spiro atoms. The molecule has 4 heterocycles. The summed E-state index contributed by atoms with van der Waals surface area (Å²) in [5, 5.41) is 21.7. The molecule has 2 aliphatic rings. The van der Waals surface area contributed by atoms with Crippen LogP contribution in [-0.2, 0) is 10.7 Å². The zero-order valence-electron chi connectivity index (χ0n) is 19.3. The smallest absolute Gasteiger partial charge is 0.295 e. The molecule has 2 N–H and O–H groups in total. The normalized spacial score (nSPS) is 20.7. The van der Waals surface area contributed by atoms with E-state index in [2.05, 4.69) is 20.4 Å². The maximum absolute atomic E-state index is 14.0. The minimum absolute atomic E-state index is 0.213. The Hall–Kier alpha value is -3.11. The number of nitrogens with one attached hydrogen (secondary N) is 1. The number of aryl methyl sites for hydroxylation is 1. The molecular weight excluding hydrogens is 444 g/mol. The summed E-state index contributed by atoms with van der Waals surface area (Å²) in [4.78, 5) is 7.01. The fourth-order valence-corrected chi connectivity index (χ4v) is 4.74. The number of pyridine rings is 1. The van der Waals surface area contributed by atoms with E-state index in [4.69, 9.17) is 19.6 Å². The standard InChI is InChI=1S/C24H27F2N5O3/c1-13(15-5-4-6-16(7-15)24(25,26)12-32)27-22-19-9-20(31-10-18-8-17(31)11-34-18)23(33-3)28-21(19)14(2)29-30-22/h4-7,9,13,17-18,32H,8,10-12H2,1-3H3,(H,27,30)/t13-,17?,18?/m1/s1. The summed E-state index contributed by atoms with van der Waals surface area (Å²) in [6.07, 6.45) is 1.19. The van der Waals surface area contributed by atoms with Crippen LogP contribution in [0.2, 0.25) is 0 Å². The lowest BCUT2D eigenvalue weighted by Crippen LogP contribution is -2.37. The molecule has 0 amide bonds. The lowest BCUT2D eigenvalue weighted by molar-refractivity contribution is -0.0556. The Morgan fingerprint density at radius 3 is 2.82 bits per heavy atom. The third kappa shape index (κ3) is 3.90. The summed E-state index contributed by atoms with van der Waals surface area (Å²) in [6, 6.07) is 7.95. The van der Waals surface area contributed by atoms with E-state index in [0.29, 0.717) is 35.1 Å². The molecule has 0 saturated carbocycles. The van der Waals surface area contributed by atoms with Crippen LogP contribution in [-0.4, -0.2) is 59.3 Å². The van der Waals surface area contributed by atoms with Gasteiger partial charge in [0, 0.05) is 17.5 Å². The van der Waals surface area contributed by atoms with Gasteiger partial charge in [0.25, 0.3) is 5.92 Å². The van der Waals surface area contributed by atoms with Gasteiger partial charge in [-0.15, -0.1) is 5.10 Å². The second-order valence-corrected chi connectivity index (χ2v) is 8.90. The number of alkyl halides is 2. The molecule has 2 bridgehead atoms. The number of nitrogens with zero attached hydrogens (tertiary/aromatic N) is 4. The van der Waals surface area contributed by atoms with Gasteiger partial charge in [0.05, 0.1) is 37.6 Å². The van der Waals surface area contributed by atoms with Crippen LogP contribution in [0.15, 0.2) is 30.3 Å². The van der Waals surface area contributed by atoms with Crippen LogP contribution in [0.4, 0.5) is 20.3 Å². The molecule has 180 valence electrons. The highest BCUT2D eigenvalue weighted by Gasteiger charge is 2.40. The minimum atomic E-state index is -3.31. The van der Waals surface area contributed by atoms with Gasteiger partial charge in [-0.2, -0.15) is 13.9 Å². The predicted molar refractivity (Wildman–Crippen MR) is 124 cm³/mol. The third-order valence-electron chi connectivity index (χ3n) is 6.63. The van der Waals surface area contributed by atoms with E-state index < -0.39 is 12.5 Å². The number of benzene rings is 1. The first-order valence-corrected chi connectivity index (χ1v) is 11.3. The number of hydrogen-bond donors (Lipinski definition) is 2. The lowest BCUT2D eigenvalue weighted by Gasteiger charge is -2.30. The Labute approximate surface area is 195 Å². The monoisotopic (exact) mass is 471 g/mol. The first kappa shape index (κ1) is 22.7. The largest absolute Gasteiger partial charge is 0.480 e. The van der Waals surface area contributed by atoms with Crippen LogP contribution in [0.5, 0.6) is 5.88 Å². The SMILES string of the molecule is COc1nc2c(C)nnc(N[C@H](C)c3cccc(C(F)(F)CO)c3)c2cc1N1CC2CC1CO2. The number of methoxy groups -OCH3 is 1. The number of fused-ring (bicyclic) bond motifs is 3. The Balaban J connectivity index is 1.52. The quantitative estimate of drug-likeness (QED) is 0.540. The van der Waals surface area contributed by atoms with Gasteiger partial charge in [-0.1, -0.05) is 18.2 Å². The van der Waals surface area contributed by atoms with Gasteiger partial charge in [0.1, 0.15) is 17.8 Å². The number of hydrogen-bond acceptors (Lipinski definition) is 8. The number of rotatable bonds is 7. The number of halogens is 2. The average molecular weight is 472 g/mol. The van der Waals surface area contributed by atoms with E-state index in [0.717, 1.165) is 24.0 Å². The molecule has 2 aliphatic heterocycles. The number of morpholine rings is 1. The van der Waals surface area contributed by atoms with E-state index in [1.54, 1.807) is 19.2 Å². The third-order valence-corrected chi connectivity index (χ3v) is 6.63. The van der Waals surface area contributed by atoms with Gasteiger partial charge in [0.2, 0.25) is 5.88 Å². The molecule has 2 saturated heterocycles. The topological polar surface area (TPSA) is 92.6 Å². The summed E-state index contributed by atoms with van der Waals surface area (Å²) >= 11 is 0. The zero-order chi connectivity index (χ0) is 24.0. The van der Waals surface area contributed by atoms with Crippen LogP contribution >= 0.6 is 0 Å². The maximum Gasteiger partial charge on any atom is 0.295 e. The Morgan fingerprint density at radius 1 is 1.32 bits per heavy atom. The molecule has 34 heavy (non-hydrogen) atoms. The Bertz CT molecular complexity index is 1220. The van der Waals surface area contributed by atoms with Crippen molar-refractivity contribution < 1.29 is 23.4 Å². The number of aliphatic hydroxyl groups excluding tert-OH is 1. The fraction of sp³-hybridized carbons (Fsp3) is 0.458. The predicted octanol–water partition coefficient (Wildman–Crippen LogP) is 3.58. The van der Waals surface area contributed by atoms with E-state index in [1.165, 1.54) is 12.1 Å². The van der Waals surface area contributed by atoms with Crippen molar-refractivity contribution in [3.63, 3.8) is 0 Å². The second kappa shape index (κ2) is 8.59. The molecule has 0 radical (unpaired) electrons. The lowest BCUT2D eigenvalue weighted by atomic mass is 10.0. The van der Waals surface area contributed by atoms with Gasteiger partial charge in [-0.3, -0.25) is 0 Å².